The molecule has 0 fully saturated rings. The Hall–Kier alpha value is -1.06. The van der Waals surface area contributed by atoms with E-state index in [4.69, 9.17) is 27.9 Å². The molecule has 1 N–H and O–H groups in total. The highest BCUT2D eigenvalue weighted by Gasteiger charge is 2.15. The zero-order valence-corrected chi connectivity index (χ0v) is 13.7. The molecule has 1 unspecified atom stereocenters. The van der Waals surface area contributed by atoms with Crippen LogP contribution in [0.1, 0.15) is 22.7 Å². The predicted molar refractivity (Wildman–Crippen MR) is 89.4 cm³/mol. The molecule has 2 nitrogen and oxygen atoms in total. The summed E-state index contributed by atoms with van der Waals surface area (Å²) in [5, 5.41) is 4.69. The highest BCUT2D eigenvalue weighted by atomic mass is 35.5. The van der Waals surface area contributed by atoms with Crippen molar-refractivity contribution in [3.63, 3.8) is 0 Å². The second kappa shape index (κ2) is 7.81. The van der Waals surface area contributed by atoms with E-state index in [2.05, 4.69) is 29.6 Å². The molecular formula is C17H19Cl2NO. The summed E-state index contributed by atoms with van der Waals surface area (Å²) in [6.45, 7) is 0.731. The summed E-state index contributed by atoms with van der Waals surface area (Å²) in [6.07, 6.45) is 0.916. The van der Waals surface area contributed by atoms with E-state index in [0.29, 0.717) is 10.0 Å². The van der Waals surface area contributed by atoms with Crippen LogP contribution in [0.5, 0.6) is 0 Å². The van der Waals surface area contributed by atoms with Crippen LogP contribution in [0.25, 0.3) is 0 Å². The van der Waals surface area contributed by atoms with Crippen LogP contribution >= 0.6 is 23.2 Å². The van der Waals surface area contributed by atoms with Crippen LogP contribution in [0.3, 0.4) is 0 Å². The van der Waals surface area contributed by atoms with Crippen molar-refractivity contribution in [3.8, 4) is 0 Å². The molecule has 2 aromatic rings. The van der Waals surface area contributed by atoms with Crippen molar-refractivity contribution < 1.29 is 4.74 Å². The summed E-state index contributed by atoms with van der Waals surface area (Å²) < 4.78 is 5.10. The van der Waals surface area contributed by atoms with Gasteiger partial charge in [0.2, 0.25) is 0 Å². The molecule has 0 aromatic heterocycles. The minimum absolute atomic E-state index is 0.0210. The maximum Gasteiger partial charge on any atom is 0.0589 e. The van der Waals surface area contributed by atoms with Crippen molar-refractivity contribution in [1.82, 2.24) is 5.32 Å². The third-order valence-electron chi connectivity index (χ3n) is 3.47. The van der Waals surface area contributed by atoms with Gasteiger partial charge in [0.25, 0.3) is 0 Å². The average molecular weight is 324 g/mol. The highest BCUT2D eigenvalue weighted by molar-refractivity contribution is 6.33. The van der Waals surface area contributed by atoms with Gasteiger partial charge in [-0.3, -0.25) is 0 Å². The summed E-state index contributed by atoms with van der Waals surface area (Å²) in [4.78, 5) is 0. The summed E-state index contributed by atoms with van der Waals surface area (Å²) >= 11 is 12.4. The van der Waals surface area contributed by atoms with Gasteiger partial charge in [0.15, 0.2) is 0 Å². The molecule has 0 radical (unpaired) electrons. The molecule has 112 valence electrons. The fourth-order valence-electron chi connectivity index (χ4n) is 2.33. The smallest absolute Gasteiger partial charge is 0.0589 e. The first-order chi connectivity index (χ1) is 10.2. The van der Waals surface area contributed by atoms with Crippen LogP contribution in [0.2, 0.25) is 10.0 Å². The molecule has 2 aromatic carbocycles. The number of hydrogen-bond donors (Lipinski definition) is 1. The number of methoxy groups -OCH3 is 1. The summed E-state index contributed by atoms with van der Waals surface area (Å²) in [5.74, 6) is 0. The van der Waals surface area contributed by atoms with Crippen molar-refractivity contribution in [3.05, 3.63) is 69.2 Å². The Balaban J connectivity index is 2.26. The van der Waals surface area contributed by atoms with E-state index >= 15 is 0 Å². The normalized spacial score (nSPS) is 12.4. The molecule has 0 aliphatic rings. The first-order valence-electron chi connectivity index (χ1n) is 6.85. The number of halogens is 2. The average Bonchev–Trinajstić information content (AvgIpc) is 2.50. The lowest BCUT2D eigenvalue weighted by Crippen LogP contribution is -2.18. The Kier molecular flexibility index (Phi) is 6.07. The molecule has 0 aliphatic heterocycles. The van der Waals surface area contributed by atoms with Crippen LogP contribution in [-0.4, -0.2) is 20.8 Å². The van der Waals surface area contributed by atoms with Gasteiger partial charge in [0.05, 0.1) is 12.6 Å². The Morgan fingerprint density at radius 3 is 2.43 bits per heavy atom. The Morgan fingerprint density at radius 2 is 1.81 bits per heavy atom. The molecule has 2 rings (SSSR count). The van der Waals surface area contributed by atoms with Crippen LogP contribution in [0, 0.1) is 0 Å². The third kappa shape index (κ3) is 4.21. The fraction of sp³-hybridized carbons (Fsp3) is 0.294. The fourth-order valence-corrected chi connectivity index (χ4v) is 2.74. The highest BCUT2D eigenvalue weighted by Crippen LogP contribution is 2.30. The molecule has 21 heavy (non-hydrogen) atoms. The summed E-state index contributed by atoms with van der Waals surface area (Å²) in [7, 11) is 3.63. The molecular weight excluding hydrogens is 305 g/mol. The van der Waals surface area contributed by atoms with Gasteiger partial charge in [-0.05, 0) is 48.4 Å². The quantitative estimate of drug-likeness (QED) is 0.845. The number of hydrogen-bond acceptors (Lipinski definition) is 2. The standard InChI is InChI=1S/C17H19Cl2NO/c1-20-17(15-11-14(18)7-8-16(15)19)13-5-3-12(4-6-13)9-10-21-2/h3-8,11,17,20H,9-10H2,1-2H3. The summed E-state index contributed by atoms with van der Waals surface area (Å²) in [6, 6.07) is 14.0. The van der Waals surface area contributed by atoms with E-state index in [0.717, 1.165) is 24.2 Å². The largest absolute Gasteiger partial charge is 0.384 e. The zero-order valence-electron chi connectivity index (χ0n) is 12.2. The molecule has 0 aliphatic carbocycles. The van der Waals surface area contributed by atoms with Gasteiger partial charge in [-0.15, -0.1) is 0 Å². The second-order valence-corrected chi connectivity index (χ2v) is 5.72. The number of benzene rings is 2. The first kappa shape index (κ1) is 16.3. The third-order valence-corrected chi connectivity index (χ3v) is 4.04. The van der Waals surface area contributed by atoms with E-state index in [-0.39, 0.29) is 6.04 Å². The van der Waals surface area contributed by atoms with Gasteiger partial charge >= 0.3 is 0 Å². The van der Waals surface area contributed by atoms with E-state index in [9.17, 15) is 0 Å². The van der Waals surface area contributed by atoms with Crippen molar-refractivity contribution in [2.45, 2.75) is 12.5 Å². The minimum Gasteiger partial charge on any atom is -0.384 e. The van der Waals surface area contributed by atoms with Gasteiger partial charge in [-0.2, -0.15) is 0 Å². The van der Waals surface area contributed by atoms with E-state index in [1.54, 1.807) is 13.2 Å². The van der Waals surface area contributed by atoms with Gasteiger partial charge in [-0.1, -0.05) is 47.5 Å². The van der Waals surface area contributed by atoms with Gasteiger partial charge < -0.3 is 10.1 Å². The summed E-state index contributed by atoms with van der Waals surface area (Å²) in [5.41, 5.74) is 3.40. The van der Waals surface area contributed by atoms with Gasteiger partial charge in [0, 0.05) is 17.2 Å². The number of ether oxygens (including phenoxy) is 1. The van der Waals surface area contributed by atoms with Gasteiger partial charge in [0.1, 0.15) is 0 Å². The topological polar surface area (TPSA) is 21.3 Å². The molecule has 4 heteroatoms. The van der Waals surface area contributed by atoms with Crippen LogP contribution in [-0.2, 0) is 11.2 Å². The Morgan fingerprint density at radius 1 is 1.10 bits per heavy atom. The monoisotopic (exact) mass is 323 g/mol. The van der Waals surface area contributed by atoms with Crippen LogP contribution in [0.4, 0.5) is 0 Å². The van der Waals surface area contributed by atoms with E-state index in [1.807, 2.05) is 19.2 Å². The molecule has 0 spiro atoms. The van der Waals surface area contributed by atoms with Crippen LogP contribution in [0.15, 0.2) is 42.5 Å². The van der Waals surface area contributed by atoms with Crippen LogP contribution < -0.4 is 5.32 Å². The molecule has 0 heterocycles. The van der Waals surface area contributed by atoms with Crippen molar-refractivity contribution in [2.75, 3.05) is 20.8 Å². The number of rotatable bonds is 6. The van der Waals surface area contributed by atoms with Crippen molar-refractivity contribution in [2.24, 2.45) is 0 Å². The predicted octanol–water partition coefficient (Wildman–Crippen LogP) is 4.49. The minimum atomic E-state index is 0.0210. The molecule has 0 saturated heterocycles. The SMILES string of the molecule is CNC(c1ccc(CCOC)cc1)c1cc(Cl)ccc1Cl. The molecule has 0 saturated carbocycles. The molecule has 0 amide bonds. The lowest BCUT2D eigenvalue weighted by atomic mass is 9.97. The van der Waals surface area contributed by atoms with Crippen molar-refractivity contribution >= 4 is 23.2 Å². The maximum absolute atomic E-state index is 6.30. The Bertz CT molecular complexity index is 584. The molecule has 0 bridgehead atoms. The maximum atomic E-state index is 6.30. The van der Waals surface area contributed by atoms with E-state index < -0.39 is 0 Å². The van der Waals surface area contributed by atoms with E-state index in [1.165, 1.54) is 5.56 Å². The zero-order chi connectivity index (χ0) is 15.2. The first-order valence-corrected chi connectivity index (χ1v) is 7.61. The lowest BCUT2D eigenvalue weighted by molar-refractivity contribution is 0.202. The number of nitrogens with one attached hydrogen (secondary N) is 1. The van der Waals surface area contributed by atoms with Gasteiger partial charge in [-0.25, -0.2) is 0 Å². The second-order valence-electron chi connectivity index (χ2n) is 4.87. The Labute approximate surface area is 136 Å². The van der Waals surface area contributed by atoms with Crippen molar-refractivity contribution in [1.29, 1.82) is 0 Å². The molecule has 1 atom stereocenters. The lowest BCUT2D eigenvalue weighted by Gasteiger charge is -2.19.